The van der Waals surface area contributed by atoms with Crippen LogP contribution in [0.25, 0.3) is 0 Å². The molecule has 0 unspecified atom stereocenters. The van der Waals surface area contributed by atoms with Crippen molar-refractivity contribution in [3.63, 3.8) is 0 Å². The minimum absolute atomic E-state index is 0.106. The second-order valence-electron chi connectivity index (χ2n) is 2.02. The lowest BCUT2D eigenvalue weighted by Gasteiger charge is -1.99. The highest BCUT2D eigenvalue weighted by Crippen LogP contribution is 2.02. The molecule has 1 aromatic heterocycles. The normalized spacial score (nSPS) is 10.4. The summed E-state index contributed by atoms with van der Waals surface area (Å²) in [5.41, 5.74) is 10.6. The lowest BCUT2D eigenvalue weighted by Crippen LogP contribution is -2.05. The molecule has 0 aliphatic rings. The summed E-state index contributed by atoms with van der Waals surface area (Å²) < 4.78 is 0. The van der Waals surface area contributed by atoms with Crippen molar-refractivity contribution in [3.8, 4) is 0 Å². The largest absolute Gasteiger partial charge is 0.368 e. The molecule has 1 rings (SSSR count). The molecule has 0 aliphatic heterocycles. The van der Waals surface area contributed by atoms with Gasteiger partial charge in [0.05, 0.1) is 0 Å². The zero-order valence-corrected chi connectivity index (χ0v) is 6.65. The average molecular weight is 166 g/mol. The van der Waals surface area contributed by atoms with Crippen LogP contribution in [0, 0.1) is 0 Å². The molecule has 0 radical (unpaired) electrons. The standard InChI is InChI=1S/C6H10N6/c1-2-3-9-6-11-4(7)10-5(8)12-6/h2-3H,1H3,(H5,7,8,9,10,11,12). The van der Waals surface area contributed by atoms with Gasteiger partial charge < -0.3 is 16.8 Å². The molecule has 12 heavy (non-hydrogen) atoms. The van der Waals surface area contributed by atoms with Gasteiger partial charge >= 0.3 is 0 Å². The summed E-state index contributed by atoms with van der Waals surface area (Å²) in [6, 6.07) is 0. The molecule has 64 valence electrons. The maximum Gasteiger partial charge on any atom is 0.233 e. The molecule has 1 aromatic rings. The summed E-state index contributed by atoms with van der Waals surface area (Å²) in [4.78, 5) is 11.2. The maximum atomic E-state index is 5.32. The van der Waals surface area contributed by atoms with E-state index in [1.807, 2.05) is 6.92 Å². The predicted octanol–water partition coefficient (Wildman–Crippen LogP) is -0.0185. The second-order valence-corrected chi connectivity index (χ2v) is 2.02. The minimum atomic E-state index is 0.106. The molecule has 0 bridgehead atoms. The Morgan fingerprint density at radius 2 is 1.75 bits per heavy atom. The van der Waals surface area contributed by atoms with E-state index >= 15 is 0 Å². The van der Waals surface area contributed by atoms with Crippen molar-refractivity contribution < 1.29 is 0 Å². The van der Waals surface area contributed by atoms with E-state index in [-0.39, 0.29) is 11.9 Å². The van der Waals surface area contributed by atoms with E-state index in [2.05, 4.69) is 20.3 Å². The van der Waals surface area contributed by atoms with Crippen LogP contribution < -0.4 is 16.8 Å². The first-order chi connectivity index (χ1) is 5.72. The first kappa shape index (κ1) is 8.25. The van der Waals surface area contributed by atoms with E-state index in [1.165, 1.54) is 0 Å². The molecule has 6 heteroatoms. The summed E-state index contributed by atoms with van der Waals surface area (Å²) in [6.45, 7) is 1.86. The number of hydrogen-bond donors (Lipinski definition) is 3. The van der Waals surface area contributed by atoms with E-state index in [0.717, 1.165) is 0 Å². The summed E-state index contributed by atoms with van der Waals surface area (Å²) in [7, 11) is 0. The minimum Gasteiger partial charge on any atom is -0.368 e. The van der Waals surface area contributed by atoms with Gasteiger partial charge in [0.15, 0.2) is 0 Å². The van der Waals surface area contributed by atoms with Gasteiger partial charge in [-0.3, -0.25) is 0 Å². The highest BCUT2D eigenvalue weighted by atomic mass is 15.2. The molecule has 0 amide bonds. The van der Waals surface area contributed by atoms with Gasteiger partial charge in [-0.25, -0.2) is 0 Å². The number of nitrogens with one attached hydrogen (secondary N) is 1. The molecule has 0 spiro atoms. The molecule has 5 N–H and O–H groups in total. The number of nitrogens with two attached hydrogens (primary N) is 2. The van der Waals surface area contributed by atoms with E-state index in [0.29, 0.717) is 5.95 Å². The Kier molecular flexibility index (Phi) is 2.42. The van der Waals surface area contributed by atoms with Gasteiger partial charge in [-0.2, -0.15) is 15.0 Å². The van der Waals surface area contributed by atoms with E-state index < -0.39 is 0 Å². The van der Waals surface area contributed by atoms with Crippen molar-refractivity contribution in [2.24, 2.45) is 0 Å². The Morgan fingerprint density at radius 1 is 1.17 bits per heavy atom. The summed E-state index contributed by atoms with van der Waals surface area (Å²) in [5, 5.41) is 2.77. The van der Waals surface area contributed by atoms with Gasteiger partial charge in [-0.05, 0) is 13.1 Å². The summed E-state index contributed by atoms with van der Waals surface area (Å²) >= 11 is 0. The van der Waals surface area contributed by atoms with Gasteiger partial charge in [0, 0.05) is 0 Å². The third-order valence-electron chi connectivity index (χ3n) is 1.05. The van der Waals surface area contributed by atoms with Crippen LogP contribution in [0.1, 0.15) is 6.92 Å². The third kappa shape index (κ3) is 2.08. The van der Waals surface area contributed by atoms with Crippen molar-refractivity contribution in [3.05, 3.63) is 12.3 Å². The predicted molar refractivity (Wildman–Crippen MR) is 47.1 cm³/mol. The van der Waals surface area contributed by atoms with Crippen molar-refractivity contribution in [1.29, 1.82) is 0 Å². The van der Waals surface area contributed by atoms with Crippen LogP contribution >= 0.6 is 0 Å². The fourth-order valence-corrected chi connectivity index (χ4v) is 0.632. The highest BCUT2D eigenvalue weighted by Gasteiger charge is 1.97. The molecular formula is C6H10N6. The molecule has 0 saturated heterocycles. The smallest absolute Gasteiger partial charge is 0.233 e. The van der Waals surface area contributed by atoms with Crippen LogP contribution in [0.4, 0.5) is 17.8 Å². The third-order valence-corrected chi connectivity index (χ3v) is 1.05. The Balaban J connectivity index is 2.85. The lowest BCUT2D eigenvalue weighted by molar-refractivity contribution is 1.08. The first-order valence-corrected chi connectivity index (χ1v) is 3.37. The van der Waals surface area contributed by atoms with Crippen LogP contribution in [0.15, 0.2) is 12.3 Å². The summed E-state index contributed by atoms with van der Waals surface area (Å²) in [5.74, 6) is 0.558. The van der Waals surface area contributed by atoms with Crippen LogP contribution in [-0.2, 0) is 0 Å². The molecule has 0 atom stereocenters. The summed E-state index contributed by atoms with van der Waals surface area (Å²) in [6.07, 6.45) is 3.48. The van der Waals surface area contributed by atoms with Crippen molar-refractivity contribution >= 4 is 17.8 Å². The zero-order chi connectivity index (χ0) is 8.97. The van der Waals surface area contributed by atoms with E-state index in [1.54, 1.807) is 12.3 Å². The van der Waals surface area contributed by atoms with Gasteiger partial charge in [-0.1, -0.05) is 6.08 Å². The number of anilines is 3. The maximum absolute atomic E-state index is 5.32. The quantitative estimate of drug-likeness (QED) is 0.570. The molecule has 0 aliphatic carbocycles. The Bertz CT molecular complexity index is 274. The van der Waals surface area contributed by atoms with Crippen molar-refractivity contribution in [2.75, 3.05) is 16.8 Å². The fourth-order valence-electron chi connectivity index (χ4n) is 0.632. The number of nitrogens with zero attached hydrogens (tertiary/aromatic N) is 3. The molecule has 6 nitrogen and oxygen atoms in total. The topological polar surface area (TPSA) is 103 Å². The lowest BCUT2D eigenvalue weighted by atomic mass is 10.7. The van der Waals surface area contributed by atoms with Crippen molar-refractivity contribution in [1.82, 2.24) is 15.0 Å². The fraction of sp³-hybridized carbons (Fsp3) is 0.167. The Labute approximate surface area is 69.7 Å². The SMILES string of the molecule is CC=CNc1nc(N)nc(N)n1. The van der Waals surface area contributed by atoms with Crippen molar-refractivity contribution in [2.45, 2.75) is 6.92 Å². The van der Waals surface area contributed by atoms with E-state index in [9.17, 15) is 0 Å². The Morgan fingerprint density at radius 3 is 2.25 bits per heavy atom. The van der Waals surface area contributed by atoms with E-state index in [4.69, 9.17) is 11.5 Å². The number of aromatic nitrogens is 3. The number of rotatable bonds is 2. The highest BCUT2D eigenvalue weighted by molar-refractivity contribution is 5.38. The van der Waals surface area contributed by atoms with Gasteiger partial charge in [0.25, 0.3) is 0 Å². The second kappa shape index (κ2) is 3.51. The number of nitrogen functional groups attached to an aromatic ring is 2. The molecule has 1 heterocycles. The average Bonchev–Trinajstić information content (AvgIpc) is 1.99. The van der Waals surface area contributed by atoms with Crippen LogP contribution in [0.2, 0.25) is 0 Å². The molecule has 0 fully saturated rings. The molecular weight excluding hydrogens is 156 g/mol. The Hall–Kier alpha value is -1.85. The van der Waals surface area contributed by atoms with Crippen LogP contribution in [-0.4, -0.2) is 15.0 Å². The first-order valence-electron chi connectivity index (χ1n) is 3.37. The van der Waals surface area contributed by atoms with Gasteiger partial charge in [0.1, 0.15) is 0 Å². The number of allylic oxidation sites excluding steroid dienone is 1. The van der Waals surface area contributed by atoms with Crippen LogP contribution in [0.5, 0.6) is 0 Å². The number of hydrogen-bond acceptors (Lipinski definition) is 6. The molecule has 0 aromatic carbocycles. The van der Waals surface area contributed by atoms with Gasteiger partial charge in [0.2, 0.25) is 17.8 Å². The zero-order valence-electron chi connectivity index (χ0n) is 6.65. The molecule has 0 saturated carbocycles. The van der Waals surface area contributed by atoms with Gasteiger partial charge in [-0.15, -0.1) is 0 Å². The monoisotopic (exact) mass is 166 g/mol. The van der Waals surface area contributed by atoms with Crippen LogP contribution in [0.3, 0.4) is 0 Å².